The largest absolute Gasteiger partial charge is 0.312 e. The van der Waals surface area contributed by atoms with Crippen molar-refractivity contribution in [3.8, 4) is 0 Å². The summed E-state index contributed by atoms with van der Waals surface area (Å²) in [6.07, 6.45) is 33.6. The Morgan fingerprint density at radius 2 is 1.39 bits per heavy atom. The Hall–Kier alpha value is -1.97. The summed E-state index contributed by atoms with van der Waals surface area (Å²) in [4.78, 5) is 5.06. The summed E-state index contributed by atoms with van der Waals surface area (Å²) in [5, 5.41) is 8.04. The molecule has 3 unspecified atom stereocenters. The van der Waals surface area contributed by atoms with Crippen molar-refractivity contribution >= 4 is 5.71 Å². The zero-order valence-corrected chi connectivity index (χ0v) is 21.9. The lowest BCUT2D eigenvalue weighted by molar-refractivity contribution is 0.235. The normalized spacial score (nSPS) is 38.2. The third-order valence-corrected chi connectivity index (χ3v) is 10.4. The Bertz CT molecular complexity index is 1090. The van der Waals surface area contributed by atoms with Gasteiger partial charge in [0.2, 0.25) is 0 Å². The van der Waals surface area contributed by atoms with Gasteiger partial charge in [0.05, 0.1) is 0 Å². The molecule has 0 radical (unpaired) electrons. The summed E-state index contributed by atoms with van der Waals surface area (Å²) in [6, 6.07) is 1.68. The minimum absolute atomic E-state index is 0.473. The van der Waals surface area contributed by atoms with E-state index in [1.54, 1.807) is 16.7 Å². The van der Waals surface area contributed by atoms with E-state index in [1.807, 2.05) is 0 Å². The molecule has 20 rings (SSSR count). The van der Waals surface area contributed by atoms with Crippen LogP contribution >= 0.6 is 0 Å². The van der Waals surface area contributed by atoms with Gasteiger partial charge in [0, 0.05) is 36.6 Å². The molecule has 36 heavy (non-hydrogen) atoms. The molecule has 0 spiro atoms. The van der Waals surface area contributed by atoms with Gasteiger partial charge in [-0.2, -0.15) is 0 Å². The quantitative estimate of drug-likeness (QED) is 0.370. The van der Waals surface area contributed by atoms with Gasteiger partial charge in [-0.1, -0.05) is 53.2 Å². The minimum atomic E-state index is 0.473. The summed E-state index contributed by atoms with van der Waals surface area (Å²) in [6.45, 7) is 1.16. The monoisotopic (exact) mass is 481 g/mol. The number of nitrogens with one attached hydrogen (secondary N) is 2. The summed E-state index contributed by atoms with van der Waals surface area (Å²) >= 11 is 0. The Balaban J connectivity index is 1.18. The predicted octanol–water partition coefficient (Wildman–Crippen LogP) is 6.87. The highest BCUT2D eigenvalue weighted by atomic mass is 15.1. The number of aliphatic imine (C=N–C) groups is 1. The fourth-order valence-electron chi connectivity index (χ4n) is 8.13. The first-order valence-corrected chi connectivity index (χ1v) is 15.0. The molecule has 3 nitrogen and oxygen atoms in total. The first kappa shape index (κ1) is 23.2. The Labute approximate surface area is 217 Å². The van der Waals surface area contributed by atoms with Crippen molar-refractivity contribution < 1.29 is 0 Å². The zero-order chi connectivity index (χ0) is 23.9. The highest BCUT2D eigenvalue weighted by molar-refractivity contribution is 5.91. The minimum Gasteiger partial charge on any atom is -0.312 e. The summed E-state index contributed by atoms with van der Waals surface area (Å²) in [5.74, 6) is 2.04. The van der Waals surface area contributed by atoms with Crippen molar-refractivity contribution in [2.75, 3.05) is 6.54 Å². The molecule has 0 aromatic carbocycles. The molecule has 190 valence electrons. The van der Waals surface area contributed by atoms with E-state index in [0.29, 0.717) is 30.0 Å². The maximum Gasteiger partial charge on any atom is 0.0458 e. The van der Waals surface area contributed by atoms with E-state index in [-0.39, 0.29) is 0 Å². The first-order valence-electron chi connectivity index (χ1n) is 15.0. The maximum absolute atomic E-state index is 5.06. The van der Waals surface area contributed by atoms with E-state index in [0.717, 1.165) is 25.3 Å². The Morgan fingerprint density at radius 3 is 2.03 bits per heavy atom. The third-order valence-electron chi connectivity index (χ3n) is 10.4. The van der Waals surface area contributed by atoms with E-state index in [2.05, 4.69) is 53.3 Å². The molecular weight excluding hydrogens is 438 g/mol. The average molecular weight is 482 g/mol. The molecule has 17 heterocycles. The van der Waals surface area contributed by atoms with Crippen LogP contribution in [-0.4, -0.2) is 30.4 Å². The van der Waals surface area contributed by atoms with E-state index in [1.165, 1.54) is 87.5 Å². The molecule has 2 fully saturated rings. The number of hydrogen-bond donors (Lipinski definition) is 2. The molecule has 0 aromatic rings. The molecule has 6 atom stereocenters. The summed E-state index contributed by atoms with van der Waals surface area (Å²) in [7, 11) is 0. The fraction of sp³-hybridized carbons (Fsp3) is 0.606. The smallest absolute Gasteiger partial charge is 0.0458 e. The summed E-state index contributed by atoms with van der Waals surface area (Å²) < 4.78 is 0. The van der Waals surface area contributed by atoms with Crippen molar-refractivity contribution in [1.82, 2.24) is 10.6 Å². The summed E-state index contributed by atoms with van der Waals surface area (Å²) in [5.41, 5.74) is 9.44. The van der Waals surface area contributed by atoms with Gasteiger partial charge in [0.25, 0.3) is 0 Å². The Morgan fingerprint density at radius 1 is 0.639 bits per heavy atom. The maximum atomic E-state index is 5.06. The van der Waals surface area contributed by atoms with Gasteiger partial charge in [-0.25, -0.2) is 0 Å². The van der Waals surface area contributed by atoms with E-state index < -0.39 is 0 Å². The second-order valence-corrected chi connectivity index (χ2v) is 12.4. The lowest BCUT2D eigenvalue weighted by atomic mass is 9.75. The van der Waals surface area contributed by atoms with Crippen LogP contribution in [0.15, 0.2) is 75.5 Å². The van der Waals surface area contributed by atoms with Crippen LogP contribution in [-0.2, 0) is 0 Å². The molecule has 3 heteroatoms. The molecule has 12 bridgehead atoms. The van der Waals surface area contributed by atoms with Gasteiger partial charge in [-0.15, -0.1) is 0 Å². The van der Waals surface area contributed by atoms with Crippen LogP contribution in [0.4, 0.5) is 0 Å². The van der Waals surface area contributed by atoms with Crippen LogP contribution in [0.1, 0.15) is 83.5 Å². The number of piperidine rings is 2. The van der Waals surface area contributed by atoms with Crippen LogP contribution in [0, 0.1) is 17.8 Å². The van der Waals surface area contributed by atoms with Crippen LogP contribution in [0.3, 0.4) is 0 Å². The fourth-order valence-corrected chi connectivity index (χ4v) is 8.13. The lowest BCUT2D eigenvalue weighted by Crippen LogP contribution is -2.57. The van der Waals surface area contributed by atoms with Crippen LogP contribution in [0.2, 0.25) is 0 Å². The topological polar surface area (TPSA) is 36.4 Å². The predicted molar refractivity (Wildman–Crippen MR) is 150 cm³/mol. The van der Waals surface area contributed by atoms with Crippen molar-refractivity contribution in [3.63, 3.8) is 0 Å². The van der Waals surface area contributed by atoms with E-state index >= 15 is 0 Å². The molecule has 0 saturated carbocycles. The number of hydrogen-bond acceptors (Lipinski definition) is 3. The Kier molecular flexibility index (Phi) is 6.48. The zero-order valence-electron chi connectivity index (χ0n) is 21.9. The van der Waals surface area contributed by atoms with E-state index in [4.69, 9.17) is 4.99 Å². The molecule has 3 aliphatic carbocycles. The average Bonchev–Trinajstić information content (AvgIpc) is 2.97. The van der Waals surface area contributed by atoms with Gasteiger partial charge >= 0.3 is 0 Å². The van der Waals surface area contributed by atoms with E-state index in [9.17, 15) is 0 Å². The van der Waals surface area contributed by atoms with Crippen molar-refractivity contribution in [1.29, 1.82) is 0 Å². The van der Waals surface area contributed by atoms with Crippen LogP contribution in [0.5, 0.6) is 0 Å². The van der Waals surface area contributed by atoms with Gasteiger partial charge < -0.3 is 10.6 Å². The number of rotatable bonds is 0. The lowest BCUT2D eigenvalue weighted by Gasteiger charge is -2.41. The first-order chi connectivity index (χ1) is 17.8. The highest BCUT2D eigenvalue weighted by Crippen LogP contribution is 2.40. The van der Waals surface area contributed by atoms with Crippen LogP contribution < -0.4 is 10.6 Å². The highest BCUT2D eigenvalue weighted by Gasteiger charge is 2.34. The standard InChI is InChI=1S/C33H43N3/c1-2-32-30-18-16-28(20-34-30)26-12-8-24(9-13-26)22-4-6-23(7-5-22)25-10-14-27(15-11-25)29-17-19-31(35-21-29)33(3-1)36-32/h4,6,8,10,12,14,20,22-23,29,31-33,35-36H,1-3,5,7,9,11,13,15-19,21H2/t22-,23?,29-,31?,32?,33+/m0/s1. The van der Waals surface area contributed by atoms with Crippen molar-refractivity contribution in [2.45, 2.75) is 102 Å². The van der Waals surface area contributed by atoms with Gasteiger partial charge in [0.15, 0.2) is 0 Å². The molecule has 0 amide bonds. The third kappa shape index (κ3) is 4.58. The van der Waals surface area contributed by atoms with Gasteiger partial charge in [0.1, 0.15) is 0 Å². The second kappa shape index (κ2) is 10.1. The van der Waals surface area contributed by atoms with Crippen molar-refractivity contribution in [2.24, 2.45) is 22.7 Å². The molecule has 17 aliphatic heterocycles. The van der Waals surface area contributed by atoms with Crippen LogP contribution in [0.25, 0.3) is 0 Å². The van der Waals surface area contributed by atoms with Gasteiger partial charge in [-0.05, 0) is 112 Å². The SMILES string of the molecule is C1=C[C@H]2CCC1C1=CC=C(CC1)[C@H]1CCC(NC1)[C@H]1CCCC(N1)C1=NC=C(CC1)C1=CC=C2CC1. The molecule has 0 aromatic heterocycles. The molecule has 2 saturated heterocycles. The molecular formula is C33H43N3. The second-order valence-electron chi connectivity index (χ2n) is 12.4. The van der Waals surface area contributed by atoms with Crippen molar-refractivity contribution in [3.05, 3.63) is 70.5 Å². The molecule has 20 aliphatic rings. The number of nitrogens with zero attached hydrogens (tertiary/aromatic N) is 1. The number of allylic oxidation sites excluding steroid dienone is 10. The molecule has 2 N–H and O–H groups in total. The van der Waals surface area contributed by atoms with Gasteiger partial charge in [-0.3, -0.25) is 4.99 Å².